The number of likely N-dealkylation sites (tertiary alicyclic amines) is 1. The Morgan fingerprint density at radius 2 is 2.00 bits per heavy atom. The zero-order valence-electron chi connectivity index (χ0n) is 21.3. The lowest BCUT2D eigenvalue weighted by Gasteiger charge is -2.38. The van der Waals surface area contributed by atoms with Crippen molar-refractivity contribution in [3.8, 4) is 11.5 Å². The van der Waals surface area contributed by atoms with Crippen LogP contribution in [0, 0.1) is 13.8 Å². The number of piperidine rings is 1. The second kappa shape index (κ2) is 11.0. The highest BCUT2D eigenvalue weighted by Gasteiger charge is 2.32. The Morgan fingerprint density at radius 1 is 1.14 bits per heavy atom. The molecule has 1 fully saturated rings. The molecule has 2 aliphatic heterocycles. The normalized spacial score (nSPS) is 21.2. The lowest BCUT2D eigenvalue weighted by molar-refractivity contribution is -0.125. The van der Waals surface area contributed by atoms with Crippen LogP contribution in [0.1, 0.15) is 37.9 Å². The van der Waals surface area contributed by atoms with Crippen LogP contribution in [0.3, 0.4) is 0 Å². The van der Waals surface area contributed by atoms with E-state index in [9.17, 15) is 9.59 Å². The van der Waals surface area contributed by atoms with Crippen LogP contribution in [-0.4, -0.2) is 70.6 Å². The smallest absolute Gasteiger partial charge is 0.254 e. The SMILES string of the molecule is Cc1nnc(CN2CC[C@@H]3OCc4cccc(c4)Oc4cc(ccc4C)C(=O)N(C)CC(=O)N[C@@H]3C2)s1. The van der Waals surface area contributed by atoms with Crippen molar-refractivity contribution in [3.05, 3.63) is 69.2 Å². The highest BCUT2D eigenvalue weighted by Crippen LogP contribution is 2.28. The van der Waals surface area contributed by atoms with Gasteiger partial charge in [0.1, 0.15) is 21.5 Å². The molecule has 4 bridgehead atoms. The Balaban J connectivity index is 1.39. The Morgan fingerprint density at radius 3 is 2.81 bits per heavy atom. The zero-order chi connectivity index (χ0) is 25.9. The third-order valence-corrected chi connectivity index (χ3v) is 7.48. The number of hydrogen-bond donors (Lipinski definition) is 1. The standard InChI is InChI=1S/C27H31N5O4S/c1-17-7-8-20-12-24(17)36-21-6-4-5-19(11-21)16-35-23-9-10-32(15-26-30-29-18(2)37-26)13-22(23)28-25(33)14-31(3)27(20)34/h4-8,11-12,22-23H,9-10,13-16H2,1-3H3,(H,28,33)/t22-,23+/m1/s1. The van der Waals surface area contributed by atoms with Gasteiger partial charge in [-0.3, -0.25) is 14.5 Å². The molecule has 2 atom stereocenters. The lowest BCUT2D eigenvalue weighted by atomic mass is 10.0. The third kappa shape index (κ3) is 6.15. The summed E-state index contributed by atoms with van der Waals surface area (Å²) in [6, 6.07) is 12.9. The predicted octanol–water partition coefficient (Wildman–Crippen LogP) is 3.31. The van der Waals surface area contributed by atoms with Crippen molar-refractivity contribution in [1.29, 1.82) is 0 Å². The second-order valence-corrected chi connectivity index (χ2v) is 10.9. The molecule has 0 unspecified atom stereocenters. The highest BCUT2D eigenvalue weighted by molar-refractivity contribution is 7.11. The van der Waals surface area contributed by atoms with Crippen molar-refractivity contribution in [3.63, 3.8) is 0 Å². The number of carbonyl (C=O) groups is 2. The molecule has 2 aliphatic rings. The van der Waals surface area contributed by atoms with Crippen molar-refractivity contribution in [2.45, 2.75) is 45.6 Å². The number of likely N-dealkylation sites (N-methyl/N-ethyl adjacent to an activating group) is 1. The number of fused-ring (bicyclic) bond motifs is 5. The molecular weight excluding hydrogens is 490 g/mol. The maximum Gasteiger partial charge on any atom is 0.254 e. The molecular formula is C27H31N5O4S. The molecule has 37 heavy (non-hydrogen) atoms. The van der Waals surface area contributed by atoms with Gasteiger partial charge in [0.05, 0.1) is 31.8 Å². The number of aromatic nitrogens is 2. The Hall–Kier alpha value is -3.34. The molecule has 3 heterocycles. The Bertz CT molecular complexity index is 1300. The molecule has 2 amide bonds. The van der Waals surface area contributed by atoms with E-state index < -0.39 is 0 Å². The molecule has 1 N–H and O–H groups in total. The van der Waals surface area contributed by atoms with Crippen molar-refractivity contribution in [2.75, 3.05) is 26.7 Å². The summed E-state index contributed by atoms with van der Waals surface area (Å²) < 4.78 is 12.5. The summed E-state index contributed by atoms with van der Waals surface area (Å²) in [4.78, 5) is 29.9. The molecule has 9 nitrogen and oxygen atoms in total. The maximum atomic E-state index is 13.1. The minimum absolute atomic E-state index is 0.0548. The molecule has 0 saturated carbocycles. The highest BCUT2D eigenvalue weighted by atomic mass is 32.1. The summed E-state index contributed by atoms with van der Waals surface area (Å²) in [6.45, 7) is 6.35. The lowest BCUT2D eigenvalue weighted by Crippen LogP contribution is -2.57. The monoisotopic (exact) mass is 521 g/mol. The number of benzene rings is 2. The van der Waals surface area contributed by atoms with E-state index in [1.807, 2.05) is 44.2 Å². The van der Waals surface area contributed by atoms with Crippen LogP contribution in [0.25, 0.3) is 0 Å². The largest absolute Gasteiger partial charge is 0.457 e. The number of nitrogens with one attached hydrogen (secondary N) is 1. The van der Waals surface area contributed by atoms with Gasteiger partial charge in [-0.1, -0.05) is 18.2 Å². The molecule has 1 aromatic heterocycles. The zero-order valence-corrected chi connectivity index (χ0v) is 22.1. The number of nitrogens with zero attached hydrogens (tertiary/aromatic N) is 4. The van der Waals surface area contributed by atoms with Crippen LogP contribution >= 0.6 is 11.3 Å². The molecule has 0 spiro atoms. The molecule has 2 aromatic carbocycles. The summed E-state index contributed by atoms with van der Waals surface area (Å²) in [6.07, 6.45) is 0.599. The average molecular weight is 522 g/mol. The molecule has 1 saturated heterocycles. The molecule has 194 valence electrons. The van der Waals surface area contributed by atoms with Crippen LogP contribution in [0.5, 0.6) is 11.5 Å². The molecule has 10 heteroatoms. The number of hydrogen-bond acceptors (Lipinski definition) is 8. The second-order valence-electron chi connectivity index (χ2n) is 9.65. The van der Waals surface area contributed by atoms with Crippen molar-refractivity contribution < 1.29 is 19.1 Å². The van der Waals surface area contributed by atoms with Gasteiger partial charge in [-0.05, 0) is 55.7 Å². The Kier molecular flexibility index (Phi) is 7.50. The Labute approximate surface area is 220 Å². The number of carbonyl (C=O) groups excluding carboxylic acids is 2. The van der Waals surface area contributed by atoms with Crippen molar-refractivity contribution in [2.24, 2.45) is 0 Å². The van der Waals surface area contributed by atoms with Crippen LogP contribution in [0.2, 0.25) is 0 Å². The summed E-state index contributed by atoms with van der Waals surface area (Å²) in [5.74, 6) is 0.819. The van der Waals surface area contributed by atoms with Crippen molar-refractivity contribution in [1.82, 2.24) is 25.3 Å². The van der Waals surface area contributed by atoms with Gasteiger partial charge in [-0.2, -0.15) is 0 Å². The van der Waals surface area contributed by atoms with E-state index in [0.717, 1.165) is 34.1 Å². The minimum atomic E-state index is -0.245. The third-order valence-electron chi connectivity index (χ3n) is 6.66. The van der Waals surface area contributed by atoms with Gasteiger partial charge in [0.15, 0.2) is 0 Å². The summed E-state index contributed by atoms with van der Waals surface area (Å²) >= 11 is 1.58. The van der Waals surface area contributed by atoms with Crippen LogP contribution in [0.15, 0.2) is 42.5 Å². The first-order valence-electron chi connectivity index (χ1n) is 12.4. The van der Waals surface area contributed by atoms with E-state index in [-0.39, 0.29) is 30.5 Å². The van der Waals surface area contributed by atoms with Gasteiger partial charge in [0.25, 0.3) is 5.91 Å². The van der Waals surface area contributed by atoms with Crippen LogP contribution in [0.4, 0.5) is 0 Å². The number of rotatable bonds is 2. The first-order valence-corrected chi connectivity index (χ1v) is 13.2. The molecule has 0 radical (unpaired) electrons. The summed E-state index contributed by atoms with van der Waals surface area (Å²) in [5.41, 5.74) is 2.36. The van der Waals surface area contributed by atoms with E-state index in [2.05, 4.69) is 20.4 Å². The van der Waals surface area contributed by atoms with Gasteiger partial charge in [-0.15, -0.1) is 21.5 Å². The van der Waals surface area contributed by atoms with Gasteiger partial charge in [0, 0.05) is 25.7 Å². The molecule has 3 aromatic rings. The van der Waals surface area contributed by atoms with Gasteiger partial charge in [0.2, 0.25) is 5.91 Å². The summed E-state index contributed by atoms with van der Waals surface area (Å²) in [7, 11) is 1.63. The number of ether oxygens (including phenoxy) is 2. The van der Waals surface area contributed by atoms with Crippen LogP contribution in [-0.2, 0) is 22.7 Å². The number of aryl methyl sites for hydroxylation is 2. The molecule has 5 rings (SSSR count). The first kappa shape index (κ1) is 25.3. The van der Waals surface area contributed by atoms with E-state index in [0.29, 0.717) is 36.8 Å². The fourth-order valence-electron chi connectivity index (χ4n) is 4.70. The van der Waals surface area contributed by atoms with E-state index >= 15 is 0 Å². The fraction of sp³-hybridized carbons (Fsp3) is 0.407. The van der Waals surface area contributed by atoms with Gasteiger partial charge < -0.3 is 19.7 Å². The minimum Gasteiger partial charge on any atom is -0.457 e. The maximum absolute atomic E-state index is 13.1. The first-order chi connectivity index (χ1) is 17.8. The van der Waals surface area contributed by atoms with Crippen molar-refractivity contribution >= 4 is 23.2 Å². The van der Waals surface area contributed by atoms with Crippen LogP contribution < -0.4 is 10.1 Å². The predicted molar refractivity (Wildman–Crippen MR) is 140 cm³/mol. The fourth-order valence-corrected chi connectivity index (χ4v) is 5.46. The summed E-state index contributed by atoms with van der Waals surface area (Å²) in [5, 5.41) is 13.4. The quantitative estimate of drug-likeness (QED) is 0.553. The van der Waals surface area contributed by atoms with Gasteiger partial charge >= 0.3 is 0 Å². The van der Waals surface area contributed by atoms with Gasteiger partial charge in [-0.25, -0.2) is 0 Å². The van der Waals surface area contributed by atoms with E-state index in [1.54, 1.807) is 30.5 Å². The molecule has 0 aliphatic carbocycles. The van der Waals surface area contributed by atoms with E-state index in [4.69, 9.17) is 9.47 Å². The average Bonchev–Trinajstić information content (AvgIpc) is 3.28. The topological polar surface area (TPSA) is 96.9 Å². The number of amides is 2. The van der Waals surface area contributed by atoms with E-state index in [1.165, 1.54) is 4.90 Å².